The Morgan fingerprint density at radius 1 is 1.33 bits per heavy atom. The van der Waals surface area contributed by atoms with Crippen LogP contribution < -0.4 is 10.9 Å². The van der Waals surface area contributed by atoms with Gasteiger partial charge in [0.15, 0.2) is 0 Å². The minimum atomic E-state index is -0.325. The Labute approximate surface area is 165 Å². The third-order valence-corrected chi connectivity index (χ3v) is 6.21. The second kappa shape index (κ2) is 7.04. The zero-order valence-corrected chi connectivity index (χ0v) is 18.1. The summed E-state index contributed by atoms with van der Waals surface area (Å²) in [5.74, 6) is 0.508. The summed E-state index contributed by atoms with van der Waals surface area (Å²) in [5, 5.41) is 3.80. The smallest absolute Gasteiger partial charge is 0.262 e. The van der Waals surface area contributed by atoms with Gasteiger partial charge in [-0.3, -0.25) is 14.2 Å². The molecule has 1 aliphatic carbocycles. The molecule has 2 heterocycles. The molecule has 2 aromatic rings. The number of nitrogens with one attached hydrogen (secondary N) is 1. The number of aryl methyl sites for hydroxylation is 1. The Hall–Kier alpha value is -1.69. The Morgan fingerprint density at radius 3 is 2.70 bits per heavy atom. The number of nitrogens with zero attached hydrogens (tertiary/aromatic N) is 2. The van der Waals surface area contributed by atoms with E-state index in [1.54, 1.807) is 11.3 Å². The van der Waals surface area contributed by atoms with Gasteiger partial charge in [-0.25, -0.2) is 4.98 Å². The van der Waals surface area contributed by atoms with Crippen LogP contribution in [0.25, 0.3) is 10.2 Å². The Kier molecular flexibility index (Phi) is 5.23. The largest absolute Gasteiger partial charge is 0.350 e. The average molecular weight is 390 g/mol. The molecule has 0 saturated carbocycles. The Bertz CT molecular complexity index is 918. The summed E-state index contributed by atoms with van der Waals surface area (Å²) in [4.78, 5) is 32.2. The molecule has 0 radical (unpaired) electrons. The van der Waals surface area contributed by atoms with Gasteiger partial charge in [-0.05, 0) is 56.4 Å². The monoisotopic (exact) mass is 389 g/mol. The third kappa shape index (κ3) is 4.60. The summed E-state index contributed by atoms with van der Waals surface area (Å²) < 4.78 is 1.45. The fourth-order valence-corrected chi connectivity index (χ4v) is 5.76. The van der Waals surface area contributed by atoms with Crippen LogP contribution in [0.4, 0.5) is 0 Å². The molecule has 1 N–H and O–H groups in total. The molecule has 0 fully saturated rings. The van der Waals surface area contributed by atoms with Crippen LogP contribution in [0, 0.1) is 11.3 Å². The summed E-state index contributed by atoms with van der Waals surface area (Å²) >= 11 is 1.64. The van der Waals surface area contributed by atoms with Gasteiger partial charge in [-0.2, -0.15) is 0 Å². The second-order valence-electron chi connectivity index (χ2n) is 9.88. The number of thiophene rings is 1. The number of fused-ring (bicyclic) bond motifs is 3. The first-order chi connectivity index (χ1) is 12.5. The van der Waals surface area contributed by atoms with Gasteiger partial charge >= 0.3 is 0 Å². The van der Waals surface area contributed by atoms with Gasteiger partial charge < -0.3 is 5.32 Å². The van der Waals surface area contributed by atoms with Gasteiger partial charge in [-0.1, -0.05) is 27.7 Å². The molecule has 6 heteroatoms. The van der Waals surface area contributed by atoms with Crippen molar-refractivity contribution in [1.82, 2.24) is 14.9 Å². The second-order valence-corrected chi connectivity index (χ2v) is 11.0. The van der Waals surface area contributed by atoms with Crippen molar-refractivity contribution in [1.29, 1.82) is 0 Å². The number of amides is 1. The van der Waals surface area contributed by atoms with Crippen LogP contribution in [-0.2, 0) is 24.2 Å². The molecule has 0 aliphatic heterocycles. The van der Waals surface area contributed by atoms with Crippen molar-refractivity contribution < 1.29 is 4.79 Å². The van der Waals surface area contributed by atoms with Crippen molar-refractivity contribution >= 4 is 27.5 Å². The quantitative estimate of drug-likeness (QED) is 0.862. The SMILES string of the molecule is C[C@@H]1CCc2c(sc3ncn(CC(=O)NC(C)(C)CC(C)(C)C)c(=O)c23)C1. The van der Waals surface area contributed by atoms with Crippen LogP contribution in [0.3, 0.4) is 0 Å². The van der Waals surface area contributed by atoms with Crippen LogP contribution in [0.1, 0.15) is 64.8 Å². The first-order valence-electron chi connectivity index (χ1n) is 9.76. The highest BCUT2D eigenvalue weighted by molar-refractivity contribution is 7.18. The van der Waals surface area contributed by atoms with E-state index in [1.807, 2.05) is 13.8 Å². The third-order valence-electron chi connectivity index (χ3n) is 5.05. The molecular formula is C21H31N3O2S. The first kappa shape index (κ1) is 20.1. The molecular weight excluding hydrogens is 358 g/mol. The number of hydrogen-bond donors (Lipinski definition) is 1. The van der Waals surface area contributed by atoms with Crippen LogP contribution in [-0.4, -0.2) is 21.0 Å². The molecule has 3 rings (SSSR count). The molecule has 0 bridgehead atoms. The van der Waals surface area contributed by atoms with Gasteiger partial charge in [0.25, 0.3) is 5.56 Å². The fraction of sp³-hybridized carbons (Fsp3) is 0.667. The van der Waals surface area contributed by atoms with Crippen molar-refractivity contribution in [3.8, 4) is 0 Å². The number of hydrogen-bond acceptors (Lipinski definition) is 4. The van der Waals surface area contributed by atoms with Crippen molar-refractivity contribution in [2.45, 2.75) is 79.3 Å². The zero-order chi connectivity index (χ0) is 20.0. The standard InChI is InChI=1S/C21H31N3O2S/c1-13-7-8-14-15(9-13)27-18-17(14)19(26)24(12-22-18)10-16(25)23-21(5,6)11-20(2,3)4/h12-13H,7-11H2,1-6H3,(H,23,25)/t13-/m1/s1. The van der Waals surface area contributed by atoms with Crippen molar-refractivity contribution in [2.75, 3.05) is 0 Å². The van der Waals surface area contributed by atoms with Crippen molar-refractivity contribution in [2.24, 2.45) is 11.3 Å². The molecule has 0 aromatic carbocycles. The summed E-state index contributed by atoms with van der Waals surface area (Å²) in [5.41, 5.74) is 0.860. The maximum Gasteiger partial charge on any atom is 0.262 e. The Balaban J connectivity index is 1.82. The maximum atomic E-state index is 13.0. The lowest BCUT2D eigenvalue weighted by Gasteiger charge is -2.33. The lowest BCUT2D eigenvalue weighted by Crippen LogP contribution is -2.47. The maximum absolute atomic E-state index is 13.0. The highest BCUT2D eigenvalue weighted by Crippen LogP contribution is 2.35. The van der Waals surface area contributed by atoms with E-state index < -0.39 is 0 Å². The van der Waals surface area contributed by atoms with E-state index in [0.29, 0.717) is 5.92 Å². The molecule has 27 heavy (non-hydrogen) atoms. The van der Waals surface area contributed by atoms with Crippen LogP contribution >= 0.6 is 11.3 Å². The summed E-state index contributed by atoms with van der Waals surface area (Å²) in [7, 11) is 0. The van der Waals surface area contributed by atoms with E-state index in [2.05, 4.69) is 38.0 Å². The van der Waals surface area contributed by atoms with E-state index in [4.69, 9.17) is 0 Å². The lowest BCUT2D eigenvalue weighted by atomic mass is 9.82. The minimum Gasteiger partial charge on any atom is -0.350 e. The average Bonchev–Trinajstić information content (AvgIpc) is 2.84. The van der Waals surface area contributed by atoms with E-state index in [0.717, 1.165) is 41.5 Å². The number of aromatic nitrogens is 2. The summed E-state index contributed by atoms with van der Waals surface area (Å²) in [6.07, 6.45) is 5.44. The highest BCUT2D eigenvalue weighted by Gasteiger charge is 2.28. The van der Waals surface area contributed by atoms with E-state index >= 15 is 0 Å². The first-order valence-corrected chi connectivity index (χ1v) is 10.6. The van der Waals surface area contributed by atoms with E-state index in [1.165, 1.54) is 15.8 Å². The van der Waals surface area contributed by atoms with Gasteiger partial charge in [-0.15, -0.1) is 11.3 Å². The van der Waals surface area contributed by atoms with Gasteiger partial charge in [0.05, 0.1) is 11.7 Å². The molecule has 0 spiro atoms. The summed E-state index contributed by atoms with van der Waals surface area (Å²) in [6, 6.07) is 0. The molecule has 0 saturated heterocycles. The van der Waals surface area contributed by atoms with Gasteiger partial charge in [0, 0.05) is 10.4 Å². The van der Waals surface area contributed by atoms with Crippen LogP contribution in [0.15, 0.2) is 11.1 Å². The zero-order valence-electron chi connectivity index (χ0n) is 17.3. The number of carbonyl (C=O) groups is 1. The topological polar surface area (TPSA) is 64.0 Å². The molecule has 1 amide bonds. The Morgan fingerprint density at radius 2 is 2.04 bits per heavy atom. The molecule has 1 aliphatic rings. The molecule has 0 unspecified atom stereocenters. The molecule has 148 valence electrons. The highest BCUT2D eigenvalue weighted by atomic mass is 32.1. The lowest BCUT2D eigenvalue weighted by molar-refractivity contribution is -0.123. The van der Waals surface area contributed by atoms with Crippen molar-refractivity contribution in [3.05, 3.63) is 27.1 Å². The fourth-order valence-electron chi connectivity index (χ4n) is 4.42. The van der Waals surface area contributed by atoms with Crippen molar-refractivity contribution in [3.63, 3.8) is 0 Å². The predicted octanol–water partition coefficient (Wildman–Crippen LogP) is 3.91. The normalized spacial score (nSPS) is 17.8. The van der Waals surface area contributed by atoms with Gasteiger partial charge in [0.2, 0.25) is 5.91 Å². The van der Waals surface area contributed by atoms with Crippen LogP contribution in [0.5, 0.6) is 0 Å². The molecule has 2 aromatic heterocycles. The summed E-state index contributed by atoms with van der Waals surface area (Å²) in [6.45, 7) is 12.8. The van der Waals surface area contributed by atoms with Crippen LogP contribution in [0.2, 0.25) is 0 Å². The minimum absolute atomic E-state index is 0.0103. The molecule has 5 nitrogen and oxygen atoms in total. The number of rotatable bonds is 4. The van der Waals surface area contributed by atoms with Gasteiger partial charge in [0.1, 0.15) is 11.4 Å². The van der Waals surface area contributed by atoms with E-state index in [9.17, 15) is 9.59 Å². The predicted molar refractivity (Wildman–Crippen MR) is 111 cm³/mol. The van der Waals surface area contributed by atoms with E-state index in [-0.39, 0.29) is 29.0 Å². The number of carbonyl (C=O) groups excluding carboxylic acids is 1. The molecule has 1 atom stereocenters.